The fourth-order valence-electron chi connectivity index (χ4n) is 3.19. The van der Waals surface area contributed by atoms with E-state index in [0.717, 1.165) is 12.1 Å². The Balaban J connectivity index is 2.00. The maximum atomic E-state index is 13.5. The van der Waals surface area contributed by atoms with E-state index in [4.69, 9.17) is 18.9 Å². The second-order valence-corrected chi connectivity index (χ2v) is 8.66. The van der Waals surface area contributed by atoms with Crippen LogP contribution in [0.4, 0.5) is 10.1 Å². The molecule has 3 aromatic rings. The molecule has 0 aromatic heterocycles. The van der Waals surface area contributed by atoms with Gasteiger partial charge in [0.05, 0.1) is 39.0 Å². The van der Waals surface area contributed by atoms with Crippen LogP contribution in [-0.4, -0.2) is 42.0 Å². The molecule has 3 aromatic carbocycles. The first-order valence-corrected chi connectivity index (χ1v) is 11.4. The largest absolute Gasteiger partial charge is 0.503 e. The van der Waals surface area contributed by atoms with Crippen molar-refractivity contribution in [2.45, 2.75) is 4.90 Å². The molecule has 0 aliphatic rings. The number of nitrogens with one attached hydrogen (secondary N) is 1. The molecule has 3 rings (SSSR count). The van der Waals surface area contributed by atoms with Gasteiger partial charge in [-0.05, 0) is 53.6 Å². The zero-order valence-corrected chi connectivity index (χ0v) is 19.8. The number of aromatic hydroxyl groups is 1. The molecule has 10 heteroatoms. The van der Waals surface area contributed by atoms with E-state index in [1.165, 1.54) is 52.7 Å². The highest BCUT2D eigenvalue weighted by Gasteiger charge is 2.19. The number of phenolic OH excluding ortho intramolecular Hbond substituents is 1. The average molecular weight is 490 g/mol. The van der Waals surface area contributed by atoms with Crippen LogP contribution in [0.5, 0.6) is 28.7 Å². The van der Waals surface area contributed by atoms with Gasteiger partial charge in [-0.25, -0.2) is 12.8 Å². The van der Waals surface area contributed by atoms with Crippen molar-refractivity contribution in [3.8, 4) is 28.7 Å². The fourth-order valence-corrected chi connectivity index (χ4v) is 4.28. The molecule has 0 radical (unpaired) electrons. The summed E-state index contributed by atoms with van der Waals surface area (Å²) >= 11 is 0. The number of benzene rings is 3. The van der Waals surface area contributed by atoms with Gasteiger partial charge < -0.3 is 24.1 Å². The maximum absolute atomic E-state index is 13.5. The lowest BCUT2D eigenvalue weighted by molar-refractivity contribution is 0.324. The number of anilines is 1. The Hall–Kier alpha value is -3.92. The van der Waals surface area contributed by atoms with Crippen molar-refractivity contribution in [2.75, 3.05) is 33.2 Å². The van der Waals surface area contributed by atoms with Crippen LogP contribution in [0.3, 0.4) is 0 Å². The Kier molecular flexibility index (Phi) is 7.52. The summed E-state index contributed by atoms with van der Waals surface area (Å²) < 4.78 is 62.4. The minimum atomic E-state index is -4.17. The smallest absolute Gasteiger partial charge is 0.262 e. The van der Waals surface area contributed by atoms with Gasteiger partial charge in [0, 0.05) is 0 Å². The zero-order valence-electron chi connectivity index (χ0n) is 19.0. The molecule has 0 bridgehead atoms. The van der Waals surface area contributed by atoms with Gasteiger partial charge in [-0.15, -0.1) is 0 Å². The van der Waals surface area contributed by atoms with Gasteiger partial charge in [0.15, 0.2) is 23.0 Å². The minimum absolute atomic E-state index is 0.0454. The molecule has 0 unspecified atom stereocenters. The minimum Gasteiger partial charge on any atom is -0.503 e. The van der Waals surface area contributed by atoms with Crippen LogP contribution in [0.25, 0.3) is 12.2 Å². The number of rotatable bonds is 9. The molecule has 180 valence electrons. The SMILES string of the molecule is COc1cc(C=Cc2cc(OC)c(OC)c(OC)c2)cc(NS(=O)(=O)c2cccc(F)c2)c1O. The summed E-state index contributed by atoms with van der Waals surface area (Å²) in [6.07, 6.45) is 3.42. The van der Waals surface area contributed by atoms with Crippen molar-refractivity contribution in [2.24, 2.45) is 0 Å². The van der Waals surface area contributed by atoms with Crippen LogP contribution in [0.1, 0.15) is 11.1 Å². The van der Waals surface area contributed by atoms with E-state index in [1.807, 2.05) is 0 Å². The van der Waals surface area contributed by atoms with Crippen molar-refractivity contribution in [3.05, 3.63) is 65.5 Å². The molecular formula is C24H24FNO7S. The van der Waals surface area contributed by atoms with E-state index < -0.39 is 21.6 Å². The number of ether oxygens (including phenoxy) is 4. The molecule has 0 amide bonds. The van der Waals surface area contributed by atoms with Crippen molar-refractivity contribution in [1.29, 1.82) is 0 Å². The standard InChI is InChI=1S/C24H24FNO7S/c1-30-20-11-15(8-9-16-12-21(31-2)24(33-4)22(13-16)32-3)10-19(23(20)27)26-34(28,29)18-7-5-6-17(25)14-18/h5-14,26-27H,1-4H3. The van der Waals surface area contributed by atoms with Gasteiger partial charge in [-0.2, -0.15) is 0 Å². The summed E-state index contributed by atoms with van der Waals surface area (Å²) in [6.45, 7) is 0. The van der Waals surface area contributed by atoms with Crippen molar-refractivity contribution < 1.29 is 36.9 Å². The van der Waals surface area contributed by atoms with Crippen molar-refractivity contribution >= 4 is 27.9 Å². The molecule has 0 saturated carbocycles. The Bertz CT molecular complexity index is 1300. The third-order valence-corrected chi connectivity index (χ3v) is 6.19. The van der Waals surface area contributed by atoms with Gasteiger partial charge in [0.2, 0.25) is 5.75 Å². The quantitative estimate of drug-likeness (QED) is 0.336. The average Bonchev–Trinajstić information content (AvgIpc) is 2.83. The maximum Gasteiger partial charge on any atom is 0.262 e. The second kappa shape index (κ2) is 10.3. The molecule has 0 fully saturated rings. The Labute approximate surface area is 197 Å². The van der Waals surface area contributed by atoms with Crippen molar-refractivity contribution in [1.82, 2.24) is 0 Å². The molecule has 0 spiro atoms. The lowest BCUT2D eigenvalue weighted by Crippen LogP contribution is -2.13. The third kappa shape index (κ3) is 5.34. The number of methoxy groups -OCH3 is 4. The molecule has 0 atom stereocenters. The number of halogens is 1. The predicted octanol–water partition coefficient (Wildman–Crippen LogP) is 4.54. The van der Waals surface area contributed by atoms with Crippen LogP contribution >= 0.6 is 0 Å². The zero-order chi connectivity index (χ0) is 24.9. The summed E-state index contributed by atoms with van der Waals surface area (Å²) in [5.74, 6) is 0.312. The van der Waals surface area contributed by atoms with Gasteiger partial charge >= 0.3 is 0 Å². The highest BCUT2D eigenvalue weighted by molar-refractivity contribution is 7.92. The predicted molar refractivity (Wildman–Crippen MR) is 127 cm³/mol. The van der Waals surface area contributed by atoms with Gasteiger partial charge in [0.1, 0.15) is 5.82 Å². The van der Waals surface area contributed by atoms with E-state index in [1.54, 1.807) is 24.3 Å². The normalized spacial score (nSPS) is 11.3. The van der Waals surface area contributed by atoms with Crippen LogP contribution in [0, 0.1) is 5.82 Å². The lowest BCUT2D eigenvalue weighted by atomic mass is 10.1. The molecule has 0 aliphatic heterocycles. The first kappa shape index (κ1) is 24.7. The third-order valence-electron chi connectivity index (χ3n) is 4.82. The number of hydrogen-bond acceptors (Lipinski definition) is 7. The van der Waals surface area contributed by atoms with E-state index in [-0.39, 0.29) is 16.3 Å². The van der Waals surface area contributed by atoms with Gasteiger partial charge in [-0.1, -0.05) is 18.2 Å². The van der Waals surface area contributed by atoms with E-state index in [0.29, 0.717) is 28.4 Å². The van der Waals surface area contributed by atoms with Crippen LogP contribution in [-0.2, 0) is 10.0 Å². The van der Waals surface area contributed by atoms with Gasteiger partial charge in [-0.3, -0.25) is 4.72 Å². The molecular weight excluding hydrogens is 465 g/mol. The van der Waals surface area contributed by atoms with E-state index in [2.05, 4.69) is 4.72 Å². The molecule has 0 aliphatic carbocycles. The summed E-state index contributed by atoms with van der Waals surface area (Å²) in [5.41, 5.74) is 1.09. The monoisotopic (exact) mass is 489 g/mol. The Morgan fingerprint density at radius 1 is 0.824 bits per heavy atom. The lowest BCUT2D eigenvalue weighted by Gasteiger charge is -2.14. The number of phenols is 1. The van der Waals surface area contributed by atoms with Crippen LogP contribution < -0.4 is 23.7 Å². The summed E-state index contributed by atoms with van der Waals surface area (Å²) in [7, 11) is 1.69. The topological polar surface area (TPSA) is 103 Å². The first-order valence-electron chi connectivity index (χ1n) is 9.90. The van der Waals surface area contributed by atoms with E-state index in [9.17, 15) is 17.9 Å². The first-order chi connectivity index (χ1) is 16.2. The molecule has 8 nitrogen and oxygen atoms in total. The highest BCUT2D eigenvalue weighted by atomic mass is 32.2. The Morgan fingerprint density at radius 2 is 1.38 bits per heavy atom. The van der Waals surface area contributed by atoms with Crippen LogP contribution in [0.2, 0.25) is 0 Å². The number of sulfonamides is 1. The highest BCUT2D eigenvalue weighted by Crippen LogP contribution is 2.40. The summed E-state index contributed by atoms with van der Waals surface area (Å²) in [6, 6.07) is 11.0. The fraction of sp³-hybridized carbons (Fsp3) is 0.167. The molecule has 0 heterocycles. The second-order valence-electron chi connectivity index (χ2n) is 6.97. The van der Waals surface area contributed by atoms with Crippen LogP contribution in [0.15, 0.2) is 53.4 Å². The summed E-state index contributed by atoms with van der Waals surface area (Å²) in [4.78, 5) is -0.288. The molecule has 34 heavy (non-hydrogen) atoms. The molecule has 2 N–H and O–H groups in total. The summed E-state index contributed by atoms with van der Waals surface area (Å²) in [5, 5.41) is 10.5. The Morgan fingerprint density at radius 3 is 1.91 bits per heavy atom. The van der Waals surface area contributed by atoms with Gasteiger partial charge in [0.25, 0.3) is 10.0 Å². The number of hydrogen-bond donors (Lipinski definition) is 2. The van der Waals surface area contributed by atoms with E-state index >= 15 is 0 Å². The van der Waals surface area contributed by atoms with Crippen molar-refractivity contribution in [3.63, 3.8) is 0 Å². The molecule has 0 saturated heterocycles.